The summed E-state index contributed by atoms with van der Waals surface area (Å²) in [5.41, 5.74) is 0.0214. The number of likely N-dealkylation sites (tertiary alicyclic amines) is 1. The number of halogens is 1. The molecule has 1 aromatic heterocycles. The lowest BCUT2D eigenvalue weighted by Gasteiger charge is -2.48. The van der Waals surface area contributed by atoms with Gasteiger partial charge in [-0.05, 0) is 77.6 Å². The molecule has 6 heteroatoms. The maximum absolute atomic E-state index is 12.7. The van der Waals surface area contributed by atoms with Crippen LogP contribution in [-0.2, 0) is 15.1 Å². The van der Waals surface area contributed by atoms with E-state index in [4.69, 9.17) is 16.3 Å². The molecule has 2 fully saturated rings. The first-order valence-electron chi connectivity index (χ1n) is 9.88. The van der Waals surface area contributed by atoms with Gasteiger partial charge in [0, 0.05) is 31.5 Å². The maximum Gasteiger partial charge on any atom is 0.223 e. The minimum Gasteiger partial charge on any atom is -0.379 e. The molecular weight excluding hydrogens is 380 g/mol. The van der Waals surface area contributed by atoms with Gasteiger partial charge < -0.3 is 9.64 Å². The van der Waals surface area contributed by atoms with Crippen LogP contribution < -0.4 is 0 Å². The van der Waals surface area contributed by atoms with E-state index < -0.39 is 0 Å². The lowest BCUT2D eigenvalue weighted by molar-refractivity contribution is -0.128. The fourth-order valence-corrected chi connectivity index (χ4v) is 6.07. The monoisotopic (exact) mass is 412 g/mol. The van der Waals surface area contributed by atoms with Gasteiger partial charge in [0.15, 0.2) is 0 Å². The van der Waals surface area contributed by atoms with Gasteiger partial charge in [-0.25, -0.2) is 0 Å². The molecule has 1 saturated carbocycles. The van der Waals surface area contributed by atoms with Crippen molar-refractivity contribution in [2.45, 2.75) is 63.5 Å². The van der Waals surface area contributed by atoms with Crippen LogP contribution in [0.1, 0.15) is 57.2 Å². The number of amides is 1. The zero-order valence-electron chi connectivity index (χ0n) is 17.3. The standard InChI is InChI=1S/C21H33ClN2O2S/c1-19(2,26-5)12-13-24-15-20(14-18(24)25)8-10-21(11-9-20,23(3)4)16-6-7-17(22)27-16/h6-7H,8-15H2,1-5H3. The van der Waals surface area contributed by atoms with Gasteiger partial charge in [0.05, 0.1) is 15.5 Å². The van der Waals surface area contributed by atoms with Crippen LogP contribution in [0.4, 0.5) is 0 Å². The molecule has 1 spiro atoms. The topological polar surface area (TPSA) is 32.8 Å². The first-order valence-corrected chi connectivity index (χ1v) is 11.1. The van der Waals surface area contributed by atoms with Crippen LogP contribution in [0.5, 0.6) is 0 Å². The molecular formula is C21H33ClN2O2S. The van der Waals surface area contributed by atoms with E-state index in [0.717, 1.165) is 49.5 Å². The zero-order chi connectivity index (χ0) is 19.9. The molecule has 1 aliphatic heterocycles. The summed E-state index contributed by atoms with van der Waals surface area (Å²) in [6, 6.07) is 4.19. The van der Waals surface area contributed by atoms with Gasteiger partial charge in [-0.2, -0.15) is 0 Å². The fraction of sp³-hybridized carbons (Fsp3) is 0.762. The average Bonchev–Trinajstić information content (AvgIpc) is 3.18. The highest BCUT2D eigenvalue weighted by Crippen LogP contribution is 2.53. The molecule has 0 bridgehead atoms. The zero-order valence-corrected chi connectivity index (χ0v) is 18.9. The minimum atomic E-state index is -0.179. The molecule has 1 amide bonds. The molecule has 1 saturated heterocycles. The van der Waals surface area contributed by atoms with E-state index in [0.29, 0.717) is 12.3 Å². The molecule has 1 aromatic rings. The third kappa shape index (κ3) is 4.21. The van der Waals surface area contributed by atoms with Crippen LogP contribution in [0, 0.1) is 5.41 Å². The summed E-state index contributed by atoms with van der Waals surface area (Å²) >= 11 is 7.93. The Morgan fingerprint density at radius 2 is 1.93 bits per heavy atom. The van der Waals surface area contributed by atoms with Gasteiger partial charge >= 0.3 is 0 Å². The summed E-state index contributed by atoms with van der Waals surface area (Å²) in [6.07, 6.45) is 5.94. The van der Waals surface area contributed by atoms with Crippen LogP contribution >= 0.6 is 22.9 Å². The molecule has 3 rings (SSSR count). The van der Waals surface area contributed by atoms with Crippen molar-refractivity contribution >= 4 is 28.8 Å². The van der Waals surface area contributed by atoms with Crippen LogP contribution in [-0.4, -0.2) is 55.6 Å². The first-order chi connectivity index (χ1) is 12.6. The molecule has 27 heavy (non-hydrogen) atoms. The van der Waals surface area contributed by atoms with E-state index in [1.54, 1.807) is 18.4 Å². The van der Waals surface area contributed by atoms with Crippen molar-refractivity contribution < 1.29 is 9.53 Å². The van der Waals surface area contributed by atoms with Crippen molar-refractivity contribution in [2.75, 3.05) is 34.3 Å². The number of nitrogens with zero attached hydrogens (tertiary/aromatic N) is 2. The number of thiophene rings is 1. The highest BCUT2D eigenvalue weighted by atomic mass is 35.5. The normalized spacial score (nSPS) is 29.3. The Balaban J connectivity index is 1.68. The van der Waals surface area contributed by atoms with Gasteiger partial charge in [0.2, 0.25) is 5.91 Å². The number of hydrogen-bond donors (Lipinski definition) is 0. The molecule has 0 unspecified atom stereocenters. The second-order valence-electron chi connectivity index (χ2n) is 9.24. The lowest BCUT2D eigenvalue weighted by atomic mass is 9.66. The van der Waals surface area contributed by atoms with Crippen molar-refractivity contribution in [3.63, 3.8) is 0 Å². The molecule has 0 radical (unpaired) electrons. The van der Waals surface area contributed by atoms with E-state index in [9.17, 15) is 4.79 Å². The van der Waals surface area contributed by atoms with E-state index in [-0.39, 0.29) is 16.6 Å². The average molecular weight is 413 g/mol. The van der Waals surface area contributed by atoms with Crippen molar-refractivity contribution in [1.29, 1.82) is 0 Å². The Kier molecular flexibility index (Phi) is 5.98. The number of methoxy groups -OCH3 is 1. The molecule has 2 heterocycles. The summed E-state index contributed by atoms with van der Waals surface area (Å²) in [7, 11) is 6.08. The van der Waals surface area contributed by atoms with E-state index >= 15 is 0 Å². The van der Waals surface area contributed by atoms with Crippen molar-refractivity contribution in [2.24, 2.45) is 5.41 Å². The molecule has 0 aromatic carbocycles. The molecule has 0 N–H and O–H groups in total. The second kappa shape index (κ2) is 7.66. The van der Waals surface area contributed by atoms with Crippen molar-refractivity contribution in [3.05, 3.63) is 21.3 Å². The highest BCUT2D eigenvalue weighted by molar-refractivity contribution is 7.16. The molecule has 2 aliphatic rings. The summed E-state index contributed by atoms with van der Waals surface area (Å²) < 4.78 is 6.38. The number of ether oxygens (including phenoxy) is 1. The van der Waals surface area contributed by atoms with E-state index in [2.05, 4.69) is 43.8 Å². The fourth-order valence-electron chi connectivity index (χ4n) is 4.70. The summed E-state index contributed by atoms with van der Waals surface area (Å²) in [6.45, 7) is 5.87. The van der Waals surface area contributed by atoms with Gasteiger partial charge in [-0.1, -0.05) is 11.6 Å². The lowest BCUT2D eigenvalue weighted by Crippen LogP contribution is -2.47. The van der Waals surface area contributed by atoms with Crippen LogP contribution in [0.3, 0.4) is 0 Å². The Morgan fingerprint density at radius 3 is 2.44 bits per heavy atom. The number of hydrogen-bond acceptors (Lipinski definition) is 4. The van der Waals surface area contributed by atoms with Crippen LogP contribution in [0.25, 0.3) is 0 Å². The van der Waals surface area contributed by atoms with Gasteiger partial charge in [-0.3, -0.25) is 9.69 Å². The largest absolute Gasteiger partial charge is 0.379 e. The van der Waals surface area contributed by atoms with Crippen LogP contribution in [0.2, 0.25) is 4.34 Å². The van der Waals surface area contributed by atoms with Crippen LogP contribution in [0.15, 0.2) is 12.1 Å². The molecule has 0 atom stereocenters. The van der Waals surface area contributed by atoms with Crippen molar-refractivity contribution in [3.8, 4) is 0 Å². The summed E-state index contributed by atoms with van der Waals surface area (Å²) in [5.74, 6) is 0.318. The predicted molar refractivity (Wildman–Crippen MR) is 112 cm³/mol. The SMILES string of the molecule is COC(C)(C)CCN1CC2(CCC(c3ccc(Cl)s3)(N(C)C)CC2)CC1=O. The quantitative estimate of drug-likeness (QED) is 0.674. The second-order valence-corrected chi connectivity index (χ2v) is 11.0. The van der Waals surface area contributed by atoms with Gasteiger partial charge in [-0.15, -0.1) is 11.3 Å². The van der Waals surface area contributed by atoms with Crippen molar-refractivity contribution in [1.82, 2.24) is 9.80 Å². The number of carbonyl (C=O) groups excluding carboxylic acids is 1. The number of rotatable bonds is 6. The number of carbonyl (C=O) groups is 1. The third-order valence-corrected chi connectivity index (χ3v) is 8.39. The third-order valence-electron chi connectivity index (χ3n) is 6.97. The summed E-state index contributed by atoms with van der Waals surface area (Å²) in [5, 5.41) is 0. The summed E-state index contributed by atoms with van der Waals surface area (Å²) in [4.78, 5) is 18.5. The highest BCUT2D eigenvalue weighted by Gasteiger charge is 2.50. The Labute approximate surface area is 172 Å². The Hall–Kier alpha value is -0.620. The maximum atomic E-state index is 12.7. The minimum absolute atomic E-state index is 0.0531. The Bertz CT molecular complexity index is 677. The Morgan fingerprint density at radius 1 is 1.26 bits per heavy atom. The van der Waals surface area contributed by atoms with Gasteiger partial charge in [0.1, 0.15) is 0 Å². The predicted octanol–water partition coefficient (Wildman–Crippen LogP) is 4.77. The van der Waals surface area contributed by atoms with E-state index in [1.807, 2.05) is 6.07 Å². The first kappa shape index (κ1) is 21.1. The molecule has 152 valence electrons. The molecule has 1 aliphatic carbocycles. The van der Waals surface area contributed by atoms with Gasteiger partial charge in [0.25, 0.3) is 0 Å². The molecule has 4 nitrogen and oxygen atoms in total. The van der Waals surface area contributed by atoms with E-state index in [1.165, 1.54) is 4.88 Å². The smallest absolute Gasteiger partial charge is 0.223 e.